The molecular weight excluding hydrogens is 216 g/mol. The van der Waals surface area contributed by atoms with Gasteiger partial charge in [0.2, 0.25) is 0 Å². The molecule has 0 fully saturated rings. The number of aromatic nitrogens is 1. The Kier molecular flexibility index (Phi) is 3.57. The van der Waals surface area contributed by atoms with Gasteiger partial charge in [0.05, 0.1) is 6.54 Å². The highest BCUT2D eigenvalue weighted by molar-refractivity contribution is 7.12. The molecule has 0 aliphatic heterocycles. The van der Waals surface area contributed by atoms with Crippen LogP contribution >= 0.6 is 11.3 Å². The number of hydrogen-bond donors (Lipinski definition) is 1. The highest BCUT2D eigenvalue weighted by Crippen LogP contribution is 2.18. The molecule has 2 heterocycles. The molecule has 1 N–H and O–H groups in total. The van der Waals surface area contributed by atoms with Gasteiger partial charge in [-0.1, -0.05) is 6.92 Å². The summed E-state index contributed by atoms with van der Waals surface area (Å²) in [5.74, 6) is 0.950. The average molecular weight is 232 g/mol. The fourth-order valence-electron chi connectivity index (χ4n) is 1.52. The molecule has 0 amide bonds. The molecule has 2 rings (SSSR count). The van der Waals surface area contributed by atoms with E-state index in [0.717, 1.165) is 18.8 Å². The lowest BCUT2D eigenvalue weighted by Gasteiger charge is -2.03. The minimum atomic E-state index is 0.862. The maximum atomic E-state index is 4.28. The van der Waals surface area contributed by atoms with E-state index in [0.29, 0.717) is 0 Å². The molecule has 0 aliphatic rings. The van der Waals surface area contributed by atoms with Gasteiger partial charge in [0.25, 0.3) is 0 Å². The summed E-state index contributed by atoms with van der Waals surface area (Å²) in [5.41, 5.74) is 1.23. The van der Waals surface area contributed by atoms with Crippen molar-refractivity contribution in [2.24, 2.45) is 0 Å². The van der Waals surface area contributed by atoms with E-state index >= 15 is 0 Å². The molecule has 0 radical (unpaired) electrons. The third-order valence-electron chi connectivity index (χ3n) is 2.42. The van der Waals surface area contributed by atoms with Gasteiger partial charge < -0.3 is 5.32 Å². The SMILES string of the molecule is CCc1ccc(CNc2cc(C)ccn2)s1. The van der Waals surface area contributed by atoms with Crippen LogP contribution in [0.3, 0.4) is 0 Å². The van der Waals surface area contributed by atoms with Crippen molar-refractivity contribution in [2.45, 2.75) is 26.8 Å². The van der Waals surface area contributed by atoms with Crippen LogP contribution in [0.4, 0.5) is 5.82 Å². The summed E-state index contributed by atoms with van der Waals surface area (Å²) in [6.45, 7) is 5.12. The second-order valence-corrected chi connectivity index (χ2v) is 5.05. The van der Waals surface area contributed by atoms with Crippen molar-refractivity contribution < 1.29 is 0 Å². The van der Waals surface area contributed by atoms with Crippen LogP contribution in [-0.4, -0.2) is 4.98 Å². The van der Waals surface area contributed by atoms with E-state index in [1.807, 2.05) is 23.6 Å². The van der Waals surface area contributed by atoms with Crippen LogP contribution in [-0.2, 0) is 13.0 Å². The minimum Gasteiger partial charge on any atom is -0.365 e. The summed E-state index contributed by atoms with van der Waals surface area (Å²) in [7, 11) is 0. The largest absolute Gasteiger partial charge is 0.365 e. The van der Waals surface area contributed by atoms with Crippen molar-refractivity contribution in [3.05, 3.63) is 45.8 Å². The molecule has 0 unspecified atom stereocenters. The second kappa shape index (κ2) is 5.12. The fraction of sp³-hybridized carbons (Fsp3) is 0.308. The Balaban J connectivity index is 1.96. The number of rotatable bonds is 4. The Bertz CT molecular complexity index is 462. The molecule has 0 saturated carbocycles. The summed E-state index contributed by atoms with van der Waals surface area (Å²) in [6.07, 6.45) is 2.96. The van der Waals surface area contributed by atoms with E-state index in [2.05, 4.69) is 42.3 Å². The molecule has 2 aromatic rings. The summed E-state index contributed by atoms with van der Waals surface area (Å²) in [4.78, 5) is 7.08. The Morgan fingerprint density at radius 1 is 1.25 bits per heavy atom. The lowest BCUT2D eigenvalue weighted by molar-refractivity contribution is 1.13. The van der Waals surface area contributed by atoms with Crippen molar-refractivity contribution in [3.8, 4) is 0 Å². The molecule has 0 bridgehead atoms. The fourth-order valence-corrected chi connectivity index (χ4v) is 2.42. The van der Waals surface area contributed by atoms with E-state index in [9.17, 15) is 0 Å². The Hall–Kier alpha value is -1.35. The van der Waals surface area contributed by atoms with Crippen LogP contribution in [0.1, 0.15) is 22.2 Å². The Morgan fingerprint density at radius 3 is 2.75 bits per heavy atom. The van der Waals surface area contributed by atoms with Gasteiger partial charge in [0.15, 0.2) is 0 Å². The maximum absolute atomic E-state index is 4.28. The first kappa shape index (κ1) is 11.1. The highest BCUT2D eigenvalue weighted by atomic mass is 32.1. The van der Waals surface area contributed by atoms with Gasteiger partial charge in [-0.15, -0.1) is 11.3 Å². The molecule has 16 heavy (non-hydrogen) atoms. The predicted molar refractivity (Wildman–Crippen MR) is 70.0 cm³/mol. The Labute approximate surface area is 100 Å². The van der Waals surface area contributed by atoms with Crippen molar-refractivity contribution >= 4 is 17.2 Å². The number of pyridine rings is 1. The van der Waals surface area contributed by atoms with Gasteiger partial charge in [0, 0.05) is 16.0 Å². The molecule has 0 aliphatic carbocycles. The first-order valence-electron chi connectivity index (χ1n) is 5.52. The molecule has 84 valence electrons. The Morgan fingerprint density at radius 2 is 2.06 bits per heavy atom. The van der Waals surface area contributed by atoms with Gasteiger partial charge in [-0.05, 0) is 43.2 Å². The van der Waals surface area contributed by atoms with Crippen molar-refractivity contribution in [1.29, 1.82) is 0 Å². The van der Waals surface area contributed by atoms with Crippen molar-refractivity contribution in [1.82, 2.24) is 4.98 Å². The zero-order valence-corrected chi connectivity index (χ0v) is 10.5. The van der Waals surface area contributed by atoms with Gasteiger partial charge in [-0.2, -0.15) is 0 Å². The van der Waals surface area contributed by atoms with Crippen molar-refractivity contribution in [3.63, 3.8) is 0 Å². The monoisotopic (exact) mass is 232 g/mol. The van der Waals surface area contributed by atoms with Gasteiger partial charge in [-0.25, -0.2) is 4.98 Å². The van der Waals surface area contributed by atoms with E-state index in [-0.39, 0.29) is 0 Å². The number of hydrogen-bond acceptors (Lipinski definition) is 3. The molecule has 3 heteroatoms. The van der Waals surface area contributed by atoms with Gasteiger partial charge >= 0.3 is 0 Å². The first-order valence-corrected chi connectivity index (χ1v) is 6.33. The van der Waals surface area contributed by atoms with Gasteiger partial charge in [0.1, 0.15) is 5.82 Å². The van der Waals surface area contributed by atoms with Crippen LogP contribution < -0.4 is 5.32 Å². The summed E-state index contributed by atoms with van der Waals surface area (Å²) >= 11 is 1.87. The summed E-state index contributed by atoms with van der Waals surface area (Å²) < 4.78 is 0. The average Bonchev–Trinajstić information content (AvgIpc) is 2.74. The van der Waals surface area contributed by atoms with E-state index in [4.69, 9.17) is 0 Å². The molecule has 2 nitrogen and oxygen atoms in total. The topological polar surface area (TPSA) is 24.9 Å². The molecule has 0 spiro atoms. The van der Waals surface area contributed by atoms with E-state index in [1.165, 1.54) is 15.3 Å². The van der Waals surface area contributed by atoms with Crippen molar-refractivity contribution in [2.75, 3.05) is 5.32 Å². The minimum absolute atomic E-state index is 0.862. The predicted octanol–water partition coefficient (Wildman–Crippen LogP) is 3.63. The van der Waals surface area contributed by atoms with Crippen LogP contribution in [0, 0.1) is 6.92 Å². The third-order valence-corrected chi connectivity index (χ3v) is 3.65. The lowest BCUT2D eigenvalue weighted by Crippen LogP contribution is -1.99. The number of thiophene rings is 1. The third kappa shape index (κ3) is 2.83. The molecule has 0 saturated heterocycles. The quantitative estimate of drug-likeness (QED) is 0.870. The van der Waals surface area contributed by atoms with Gasteiger partial charge in [-0.3, -0.25) is 0 Å². The van der Waals surface area contributed by atoms with Crippen LogP contribution in [0.5, 0.6) is 0 Å². The number of aryl methyl sites for hydroxylation is 2. The second-order valence-electron chi connectivity index (χ2n) is 3.79. The van der Waals surface area contributed by atoms with Crippen LogP contribution in [0.2, 0.25) is 0 Å². The molecule has 0 atom stereocenters. The summed E-state index contributed by atoms with van der Waals surface area (Å²) in [5, 5.41) is 3.34. The number of anilines is 1. The zero-order valence-electron chi connectivity index (χ0n) is 9.66. The van der Waals surface area contributed by atoms with E-state index in [1.54, 1.807) is 0 Å². The first-order chi connectivity index (χ1) is 7.78. The highest BCUT2D eigenvalue weighted by Gasteiger charge is 1.99. The smallest absolute Gasteiger partial charge is 0.126 e. The maximum Gasteiger partial charge on any atom is 0.126 e. The lowest BCUT2D eigenvalue weighted by atomic mass is 10.3. The molecule has 0 aromatic carbocycles. The normalized spacial score (nSPS) is 10.4. The zero-order chi connectivity index (χ0) is 11.4. The van der Waals surface area contributed by atoms with Crippen LogP contribution in [0.25, 0.3) is 0 Å². The number of nitrogens with zero attached hydrogens (tertiary/aromatic N) is 1. The summed E-state index contributed by atoms with van der Waals surface area (Å²) in [6, 6.07) is 8.46. The van der Waals surface area contributed by atoms with Crippen LogP contribution in [0.15, 0.2) is 30.5 Å². The standard InChI is InChI=1S/C13H16N2S/c1-3-11-4-5-12(16-11)9-15-13-8-10(2)6-7-14-13/h4-8H,3,9H2,1-2H3,(H,14,15). The van der Waals surface area contributed by atoms with E-state index < -0.39 is 0 Å². The number of nitrogens with one attached hydrogen (secondary N) is 1. The molecular formula is C13H16N2S. The molecule has 2 aromatic heterocycles.